The number of hydrogen-bond donors (Lipinski definition) is 0. The molecule has 0 radical (unpaired) electrons. The van der Waals surface area contributed by atoms with Crippen molar-refractivity contribution in [3.05, 3.63) is 55.4 Å². The Kier molecular flexibility index (Phi) is 3.10. The minimum Gasteiger partial charge on any atom is -0.454 e. The molecule has 0 saturated heterocycles. The van der Waals surface area contributed by atoms with Crippen LogP contribution in [0, 0.1) is 34.1 Å². The molecule has 0 aliphatic heterocycles. The van der Waals surface area contributed by atoms with Crippen LogP contribution in [0.2, 0.25) is 0 Å². The standard InChI is InChI=1S/C11H8N2O7/c1-5-3-19-10(7(5)12(15)16)9(14)11-8(13(17)18)6(2)4-20-11/h3-4H,1-2H3. The summed E-state index contributed by atoms with van der Waals surface area (Å²) in [6, 6.07) is 0. The largest absolute Gasteiger partial charge is 0.454 e. The van der Waals surface area contributed by atoms with E-state index in [-0.39, 0.29) is 11.1 Å². The molecule has 0 fully saturated rings. The second-order valence-electron chi connectivity index (χ2n) is 4.04. The molecule has 0 N–H and O–H groups in total. The van der Waals surface area contributed by atoms with E-state index in [9.17, 15) is 25.0 Å². The van der Waals surface area contributed by atoms with Gasteiger partial charge in [-0.05, 0) is 13.8 Å². The first kappa shape index (κ1) is 13.5. The maximum atomic E-state index is 12.1. The number of nitrogens with zero attached hydrogens (tertiary/aromatic N) is 2. The lowest BCUT2D eigenvalue weighted by molar-refractivity contribution is -0.386. The van der Waals surface area contributed by atoms with Crippen LogP contribution in [-0.2, 0) is 0 Å². The van der Waals surface area contributed by atoms with Crippen molar-refractivity contribution < 1.29 is 23.5 Å². The highest BCUT2D eigenvalue weighted by Crippen LogP contribution is 2.32. The van der Waals surface area contributed by atoms with Gasteiger partial charge in [-0.15, -0.1) is 0 Å². The number of carbonyl (C=O) groups is 1. The fourth-order valence-corrected chi connectivity index (χ4v) is 1.76. The SMILES string of the molecule is Cc1coc(C(=O)c2occ(C)c2[N+](=O)[O-])c1[N+](=O)[O-]. The van der Waals surface area contributed by atoms with Crippen LogP contribution < -0.4 is 0 Å². The van der Waals surface area contributed by atoms with Crippen molar-refractivity contribution in [1.82, 2.24) is 0 Å². The zero-order valence-corrected chi connectivity index (χ0v) is 10.4. The average molecular weight is 280 g/mol. The minimum atomic E-state index is -1.04. The number of aryl methyl sites for hydroxylation is 2. The predicted octanol–water partition coefficient (Wildman–Crippen LogP) is 2.54. The lowest BCUT2D eigenvalue weighted by Gasteiger charge is -1.95. The second kappa shape index (κ2) is 4.61. The summed E-state index contributed by atoms with van der Waals surface area (Å²) in [5, 5.41) is 21.8. The molecule has 2 aromatic rings. The smallest absolute Gasteiger partial charge is 0.321 e. The molecule has 2 heterocycles. The van der Waals surface area contributed by atoms with Gasteiger partial charge in [0.1, 0.15) is 12.5 Å². The first-order chi connectivity index (χ1) is 9.34. The van der Waals surface area contributed by atoms with Crippen LogP contribution in [-0.4, -0.2) is 15.6 Å². The van der Waals surface area contributed by atoms with E-state index < -0.39 is 38.5 Å². The van der Waals surface area contributed by atoms with E-state index in [1.165, 1.54) is 13.8 Å². The van der Waals surface area contributed by atoms with Gasteiger partial charge in [0.25, 0.3) is 17.3 Å². The van der Waals surface area contributed by atoms with E-state index in [0.717, 1.165) is 12.5 Å². The highest BCUT2D eigenvalue weighted by atomic mass is 16.6. The number of nitro groups is 2. The summed E-state index contributed by atoms with van der Waals surface area (Å²) in [5.41, 5.74) is -0.773. The van der Waals surface area contributed by atoms with E-state index in [4.69, 9.17) is 8.83 Å². The van der Waals surface area contributed by atoms with Gasteiger partial charge >= 0.3 is 11.4 Å². The summed E-state index contributed by atoms with van der Waals surface area (Å²) in [6.07, 6.45) is 2.07. The fraction of sp³-hybridized carbons (Fsp3) is 0.182. The maximum Gasteiger partial charge on any atom is 0.321 e. The van der Waals surface area contributed by atoms with Crippen LogP contribution >= 0.6 is 0 Å². The van der Waals surface area contributed by atoms with Gasteiger partial charge < -0.3 is 8.83 Å². The quantitative estimate of drug-likeness (QED) is 0.477. The van der Waals surface area contributed by atoms with Crippen molar-refractivity contribution in [2.75, 3.05) is 0 Å². The van der Waals surface area contributed by atoms with Gasteiger partial charge in [-0.1, -0.05) is 0 Å². The third-order valence-electron chi connectivity index (χ3n) is 2.66. The number of ketones is 1. The molecule has 0 aliphatic rings. The zero-order chi connectivity index (χ0) is 15.0. The first-order valence-corrected chi connectivity index (χ1v) is 5.34. The molecule has 9 nitrogen and oxygen atoms in total. The Morgan fingerprint density at radius 1 is 0.950 bits per heavy atom. The van der Waals surface area contributed by atoms with Gasteiger partial charge in [-0.2, -0.15) is 0 Å². The highest BCUT2D eigenvalue weighted by Gasteiger charge is 2.36. The molecule has 0 aromatic carbocycles. The molecule has 0 unspecified atom stereocenters. The third kappa shape index (κ3) is 1.94. The van der Waals surface area contributed by atoms with E-state index in [1.54, 1.807) is 0 Å². The number of rotatable bonds is 4. The van der Waals surface area contributed by atoms with Gasteiger partial charge in [-0.25, -0.2) is 0 Å². The first-order valence-electron chi connectivity index (χ1n) is 5.34. The molecule has 0 atom stereocenters. The van der Waals surface area contributed by atoms with Crippen molar-refractivity contribution in [2.45, 2.75) is 13.8 Å². The van der Waals surface area contributed by atoms with Crippen molar-refractivity contribution in [2.24, 2.45) is 0 Å². The monoisotopic (exact) mass is 280 g/mol. The van der Waals surface area contributed by atoms with Crippen molar-refractivity contribution >= 4 is 17.2 Å². The van der Waals surface area contributed by atoms with E-state index in [2.05, 4.69) is 0 Å². The van der Waals surface area contributed by atoms with Gasteiger partial charge in [-0.3, -0.25) is 25.0 Å². The van der Waals surface area contributed by atoms with Crippen molar-refractivity contribution in [3.8, 4) is 0 Å². The molecule has 0 amide bonds. The van der Waals surface area contributed by atoms with Crippen LogP contribution in [0.25, 0.3) is 0 Å². The molecular weight excluding hydrogens is 272 g/mol. The number of hydrogen-bond acceptors (Lipinski definition) is 7. The normalized spacial score (nSPS) is 10.5. The molecule has 9 heteroatoms. The summed E-state index contributed by atoms with van der Waals surface area (Å²) in [5.74, 6) is -2.22. The number of carbonyl (C=O) groups excluding carboxylic acids is 1. The summed E-state index contributed by atoms with van der Waals surface area (Å²) in [7, 11) is 0. The van der Waals surface area contributed by atoms with Crippen LogP contribution in [0.5, 0.6) is 0 Å². The molecule has 2 rings (SSSR count). The Balaban J connectivity index is 2.59. The topological polar surface area (TPSA) is 130 Å². The van der Waals surface area contributed by atoms with Gasteiger partial charge in [0.05, 0.1) is 21.0 Å². The summed E-state index contributed by atoms with van der Waals surface area (Å²) < 4.78 is 9.69. The average Bonchev–Trinajstić information content (AvgIpc) is 2.91. The van der Waals surface area contributed by atoms with Crippen molar-refractivity contribution in [3.63, 3.8) is 0 Å². The van der Waals surface area contributed by atoms with E-state index in [0.29, 0.717) is 0 Å². The van der Waals surface area contributed by atoms with Crippen molar-refractivity contribution in [1.29, 1.82) is 0 Å². The Labute approximate surface area is 111 Å². The highest BCUT2D eigenvalue weighted by molar-refractivity contribution is 6.10. The Bertz CT molecular complexity index is 665. The molecule has 0 aliphatic carbocycles. The Hall–Kier alpha value is -2.97. The Morgan fingerprint density at radius 2 is 1.30 bits per heavy atom. The number of furan rings is 2. The van der Waals surface area contributed by atoms with Crippen LogP contribution in [0.3, 0.4) is 0 Å². The second-order valence-corrected chi connectivity index (χ2v) is 4.04. The summed E-state index contributed by atoms with van der Waals surface area (Å²) in [4.78, 5) is 32.3. The minimum absolute atomic E-state index is 0.143. The fourth-order valence-electron chi connectivity index (χ4n) is 1.76. The van der Waals surface area contributed by atoms with E-state index >= 15 is 0 Å². The molecule has 104 valence electrons. The third-order valence-corrected chi connectivity index (χ3v) is 2.66. The molecule has 0 spiro atoms. The maximum absolute atomic E-state index is 12.1. The van der Waals surface area contributed by atoms with Crippen LogP contribution in [0.15, 0.2) is 21.4 Å². The molecule has 20 heavy (non-hydrogen) atoms. The lowest BCUT2D eigenvalue weighted by Crippen LogP contribution is -2.05. The van der Waals surface area contributed by atoms with Gasteiger partial charge in [0, 0.05) is 0 Å². The van der Waals surface area contributed by atoms with Gasteiger partial charge in [0.2, 0.25) is 0 Å². The molecular formula is C11H8N2O7. The molecule has 2 aromatic heterocycles. The predicted molar refractivity (Wildman–Crippen MR) is 63.6 cm³/mol. The van der Waals surface area contributed by atoms with Crippen LogP contribution in [0.1, 0.15) is 27.4 Å². The van der Waals surface area contributed by atoms with Crippen LogP contribution in [0.4, 0.5) is 11.4 Å². The van der Waals surface area contributed by atoms with E-state index in [1.807, 2.05) is 0 Å². The molecule has 0 bridgehead atoms. The summed E-state index contributed by atoms with van der Waals surface area (Å²) in [6.45, 7) is 2.78. The molecule has 0 saturated carbocycles. The zero-order valence-electron chi connectivity index (χ0n) is 10.4. The summed E-state index contributed by atoms with van der Waals surface area (Å²) >= 11 is 0. The lowest BCUT2D eigenvalue weighted by atomic mass is 10.1. The Morgan fingerprint density at radius 3 is 1.60 bits per heavy atom. The van der Waals surface area contributed by atoms with Gasteiger partial charge in [0.15, 0.2) is 0 Å².